The molecular weight excluding hydrogens is 232 g/mol. The van der Waals surface area contributed by atoms with Gasteiger partial charge in [-0.3, -0.25) is 4.79 Å². The SMILES string of the molecule is CC(C)C(CC(=O)O)Nc1nccn2nccc12. The predicted molar refractivity (Wildman–Crippen MR) is 67.5 cm³/mol. The number of anilines is 1. The maximum absolute atomic E-state index is 10.8. The fourth-order valence-electron chi connectivity index (χ4n) is 1.79. The van der Waals surface area contributed by atoms with Gasteiger partial charge in [-0.05, 0) is 12.0 Å². The number of carboxylic acid groups (broad SMARTS) is 1. The van der Waals surface area contributed by atoms with E-state index in [0.29, 0.717) is 5.82 Å². The van der Waals surface area contributed by atoms with Crippen molar-refractivity contribution in [1.29, 1.82) is 0 Å². The second kappa shape index (κ2) is 5.03. The van der Waals surface area contributed by atoms with Crippen molar-refractivity contribution < 1.29 is 9.90 Å². The van der Waals surface area contributed by atoms with Gasteiger partial charge < -0.3 is 10.4 Å². The molecule has 0 aliphatic heterocycles. The Morgan fingerprint density at radius 3 is 2.94 bits per heavy atom. The van der Waals surface area contributed by atoms with Crippen LogP contribution in [0.25, 0.3) is 5.52 Å². The first-order valence-corrected chi connectivity index (χ1v) is 5.84. The molecule has 2 aromatic heterocycles. The van der Waals surface area contributed by atoms with Gasteiger partial charge in [0.25, 0.3) is 0 Å². The summed E-state index contributed by atoms with van der Waals surface area (Å²) in [7, 11) is 0. The molecule has 6 heteroatoms. The second-order valence-electron chi connectivity index (χ2n) is 4.53. The predicted octanol–water partition coefficient (Wildman–Crippen LogP) is 1.64. The number of carboxylic acids is 1. The van der Waals surface area contributed by atoms with Crippen LogP contribution >= 0.6 is 0 Å². The van der Waals surface area contributed by atoms with E-state index in [0.717, 1.165) is 5.52 Å². The van der Waals surface area contributed by atoms with E-state index in [4.69, 9.17) is 5.11 Å². The summed E-state index contributed by atoms with van der Waals surface area (Å²) in [6, 6.07) is 1.68. The summed E-state index contributed by atoms with van der Waals surface area (Å²) in [5.74, 6) is 0.0442. The van der Waals surface area contributed by atoms with Gasteiger partial charge in [-0.2, -0.15) is 5.10 Å². The molecule has 0 fully saturated rings. The number of aromatic nitrogens is 3. The topological polar surface area (TPSA) is 79.5 Å². The van der Waals surface area contributed by atoms with Gasteiger partial charge in [0.1, 0.15) is 5.52 Å². The van der Waals surface area contributed by atoms with Crippen LogP contribution in [0.3, 0.4) is 0 Å². The van der Waals surface area contributed by atoms with Crippen LogP contribution in [0.1, 0.15) is 20.3 Å². The first-order valence-electron chi connectivity index (χ1n) is 5.84. The number of rotatable bonds is 5. The summed E-state index contributed by atoms with van der Waals surface area (Å²) in [5, 5.41) is 16.2. The van der Waals surface area contributed by atoms with Gasteiger partial charge in [-0.25, -0.2) is 9.50 Å². The average Bonchev–Trinajstić information content (AvgIpc) is 2.76. The Balaban J connectivity index is 2.25. The van der Waals surface area contributed by atoms with Crippen molar-refractivity contribution in [3.8, 4) is 0 Å². The number of fused-ring (bicyclic) bond motifs is 1. The highest BCUT2D eigenvalue weighted by molar-refractivity contribution is 5.70. The maximum Gasteiger partial charge on any atom is 0.305 e. The lowest BCUT2D eigenvalue weighted by molar-refractivity contribution is -0.137. The Labute approximate surface area is 105 Å². The molecule has 0 saturated heterocycles. The molecular formula is C12H16N4O2. The van der Waals surface area contributed by atoms with Crippen LogP contribution in [-0.4, -0.2) is 31.7 Å². The third-order valence-corrected chi connectivity index (χ3v) is 2.85. The van der Waals surface area contributed by atoms with Crippen molar-refractivity contribution in [3.63, 3.8) is 0 Å². The first kappa shape index (κ1) is 12.3. The molecule has 96 valence electrons. The number of hydrogen-bond acceptors (Lipinski definition) is 4. The standard InChI is InChI=1S/C12H16N4O2/c1-8(2)9(7-11(17)18)15-12-10-3-4-14-16(10)6-5-13-12/h3-6,8-9H,7H2,1-2H3,(H,13,15)(H,17,18). The van der Waals surface area contributed by atoms with Gasteiger partial charge in [-0.1, -0.05) is 13.8 Å². The Bertz CT molecular complexity index is 550. The molecule has 2 N–H and O–H groups in total. The molecule has 0 radical (unpaired) electrons. The monoisotopic (exact) mass is 248 g/mol. The highest BCUT2D eigenvalue weighted by atomic mass is 16.4. The molecule has 2 aromatic rings. The summed E-state index contributed by atoms with van der Waals surface area (Å²) in [4.78, 5) is 15.1. The van der Waals surface area contributed by atoms with E-state index in [1.807, 2.05) is 19.9 Å². The number of hydrogen-bond donors (Lipinski definition) is 2. The molecule has 2 rings (SSSR count). The number of carbonyl (C=O) groups is 1. The summed E-state index contributed by atoms with van der Waals surface area (Å²) in [6.07, 6.45) is 5.14. The van der Waals surface area contributed by atoms with E-state index in [1.54, 1.807) is 23.1 Å². The second-order valence-corrected chi connectivity index (χ2v) is 4.53. The van der Waals surface area contributed by atoms with E-state index in [1.165, 1.54) is 0 Å². The van der Waals surface area contributed by atoms with Crippen LogP contribution in [0.4, 0.5) is 5.82 Å². The molecule has 18 heavy (non-hydrogen) atoms. The molecule has 0 aliphatic carbocycles. The lowest BCUT2D eigenvalue weighted by Crippen LogP contribution is -2.29. The van der Waals surface area contributed by atoms with Crippen molar-refractivity contribution in [2.24, 2.45) is 5.92 Å². The van der Waals surface area contributed by atoms with Crippen LogP contribution in [0, 0.1) is 5.92 Å². The Morgan fingerprint density at radius 2 is 2.28 bits per heavy atom. The zero-order valence-corrected chi connectivity index (χ0v) is 10.4. The van der Waals surface area contributed by atoms with E-state index in [2.05, 4.69) is 15.4 Å². The number of aliphatic carboxylic acids is 1. The van der Waals surface area contributed by atoms with Crippen molar-refractivity contribution >= 4 is 17.3 Å². The first-order chi connectivity index (χ1) is 8.58. The van der Waals surface area contributed by atoms with Gasteiger partial charge in [0.05, 0.1) is 12.6 Å². The van der Waals surface area contributed by atoms with E-state index in [-0.39, 0.29) is 18.4 Å². The van der Waals surface area contributed by atoms with E-state index < -0.39 is 5.97 Å². The zero-order valence-electron chi connectivity index (χ0n) is 10.4. The molecule has 1 unspecified atom stereocenters. The molecule has 0 spiro atoms. The van der Waals surface area contributed by atoms with Crippen molar-refractivity contribution in [3.05, 3.63) is 24.7 Å². The molecule has 2 heterocycles. The van der Waals surface area contributed by atoms with Crippen LogP contribution in [0.15, 0.2) is 24.7 Å². The third kappa shape index (κ3) is 2.58. The fourth-order valence-corrected chi connectivity index (χ4v) is 1.79. The van der Waals surface area contributed by atoms with Crippen LogP contribution in [0.5, 0.6) is 0 Å². The highest BCUT2D eigenvalue weighted by Gasteiger charge is 2.18. The maximum atomic E-state index is 10.8. The number of nitrogens with zero attached hydrogens (tertiary/aromatic N) is 3. The highest BCUT2D eigenvalue weighted by Crippen LogP contribution is 2.17. The summed E-state index contributed by atoms with van der Waals surface area (Å²) < 4.78 is 1.70. The normalized spacial score (nSPS) is 12.8. The molecule has 0 amide bonds. The number of nitrogens with one attached hydrogen (secondary N) is 1. The molecule has 0 bridgehead atoms. The minimum atomic E-state index is -0.818. The van der Waals surface area contributed by atoms with Crippen LogP contribution < -0.4 is 5.32 Å². The quantitative estimate of drug-likeness (QED) is 0.840. The molecule has 0 saturated carbocycles. The smallest absolute Gasteiger partial charge is 0.305 e. The fraction of sp³-hybridized carbons (Fsp3) is 0.417. The Kier molecular flexibility index (Phi) is 3.45. The van der Waals surface area contributed by atoms with E-state index >= 15 is 0 Å². The minimum Gasteiger partial charge on any atom is -0.481 e. The van der Waals surface area contributed by atoms with Gasteiger partial charge in [0, 0.05) is 18.4 Å². The average molecular weight is 248 g/mol. The molecule has 0 aromatic carbocycles. The molecule has 6 nitrogen and oxygen atoms in total. The lowest BCUT2D eigenvalue weighted by atomic mass is 10.0. The summed E-state index contributed by atoms with van der Waals surface area (Å²) in [6.45, 7) is 3.97. The van der Waals surface area contributed by atoms with Crippen LogP contribution in [0.2, 0.25) is 0 Å². The van der Waals surface area contributed by atoms with Gasteiger partial charge in [-0.15, -0.1) is 0 Å². The van der Waals surface area contributed by atoms with Gasteiger partial charge >= 0.3 is 5.97 Å². The Morgan fingerprint density at radius 1 is 1.50 bits per heavy atom. The third-order valence-electron chi connectivity index (χ3n) is 2.85. The van der Waals surface area contributed by atoms with Gasteiger partial charge in [0.2, 0.25) is 0 Å². The summed E-state index contributed by atoms with van der Waals surface area (Å²) in [5.41, 5.74) is 0.841. The van der Waals surface area contributed by atoms with Crippen molar-refractivity contribution in [2.45, 2.75) is 26.3 Å². The lowest BCUT2D eigenvalue weighted by Gasteiger charge is -2.21. The Hall–Kier alpha value is -2.11. The van der Waals surface area contributed by atoms with Crippen molar-refractivity contribution in [1.82, 2.24) is 14.6 Å². The summed E-state index contributed by atoms with van der Waals surface area (Å²) >= 11 is 0. The zero-order chi connectivity index (χ0) is 13.1. The minimum absolute atomic E-state index is 0.0640. The molecule has 1 atom stereocenters. The van der Waals surface area contributed by atoms with Gasteiger partial charge in [0.15, 0.2) is 5.82 Å². The van der Waals surface area contributed by atoms with Crippen molar-refractivity contribution in [2.75, 3.05) is 5.32 Å². The molecule has 0 aliphatic rings. The largest absolute Gasteiger partial charge is 0.481 e. The van der Waals surface area contributed by atoms with E-state index in [9.17, 15) is 4.79 Å². The van der Waals surface area contributed by atoms with Crippen LogP contribution in [-0.2, 0) is 4.79 Å².